The first-order valence-electron chi connectivity index (χ1n) is 6.98. The molecule has 0 aliphatic carbocycles. The summed E-state index contributed by atoms with van der Waals surface area (Å²) in [6.45, 7) is 6.12. The van der Waals surface area contributed by atoms with Crippen LogP contribution in [0.15, 0.2) is 33.9 Å². The van der Waals surface area contributed by atoms with Crippen molar-refractivity contribution in [2.24, 2.45) is 0 Å². The molecule has 0 amide bonds. The Kier molecular flexibility index (Phi) is 4.68. The van der Waals surface area contributed by atoms with Crippen LogP contribution >= 0.6 is 11.6 Å². The van der Waals surface area contributed by atoms with Gasteiger partial charge in [-0.25, -0.2) is 4.79 Å². The number of nitrogens with zero attached hydrogens (tertiary/aromatic N) is 1. The third-order valence-electron chi connectivity index (χ3n) is 3.62. The molecule has 4 nitrogen and oxygen atoms in total. The largest absolute Gasteiger partial charge is 0.329 e. The van der Waals surface area contributed by atoms with Crippen molar-refractivity contribution in [1.29, 1.82) is 0 Å². The van der Waals surface area contributed by atoms with Crippen LogP contribution in [-0.2, 0) is 13.0 Å². The molecular weight excluding hydrogens is 288 g/mol. The van der Waals surface area contributed by atoms with Gasteiger partial charge in [-0.2, -0.15) is 0 Å². The van der Waals surface area contributed by atoms with Crippen LogP contribution in [-0.4, -0.2) is 9.55 Å². The predicted molar refractivity (Wildman–Crippen MR) is 85.3 cm³/mol. The van der Waals surface area contributed by atoms with Crippen molar-refractivity contribution in [2.45, 2.75) is 39.7 Å². The first kappa shape index (κ1) is 15.6. The second kappa shape index (κ2) is 6.31. The number of halogens is 1. The Morgan fingerprint density at radius 2 is 1.90 bits per heavy atom. The quantitative estimate of drug-likeness (QED) is 0.883. The summed E-state index contributed by atoms with van der Waals surface area (Å²) >= 11 is 5.98. The van der Waals surface area contributed by atoms with Crippen molar-refractivity contribution in [3.05, 3.63) is 66.9 Å². The Bertz CT molecular complexity index is 760. The van der Waals surface area contributed by atoms with Gasteiger partial charge in [0, 0.05) is 6.54 Å². The van der Waals surface area contributed by atoms with E-state index < -0.39 is 5.69 Å². The number of nitrogens with one attached hydrogen (secondary N) is 1. The van der Waals surface area contributed by atoms with E-state index in [9.17, 15) is 9.59 Å². The zero-order valence-corrected chi connectivity index (χ0v) is 13.2. The molecule has 1 heterocycles. The molecule has 0 radical (unpaired) electrons. The third-order valence-corrected chi connectivity index (χ3v) is 3.92. The fourth-order valence-corrected chi connectivity index (χ4v) is 2.77. The Morgan fingerprint density at radius 3 is 2.52 bits per heavy atom. The van der Waals surface area contributed by atoms with Gasteiger partial charge in [-0.1, -0.05) is 49.7 Å². The highest BCUT2D eigenvalue weighted by Crippen LogP contribution is 2.16. The Balaban J connectivity index is 2.37. The Hall–Kier alpha value is -1.81. The molecule has 1 aromatic heterocycles. The lowest BCUT2D eigenvalue weighted by molar-refractivity contribution is 0.610. The molecule has 1 N–H and O–H groups in total. The molecule has 5 heteroatoms. The van der Waals surface area contributed by atoms with Gasteiger partial charge < -0.3 is 0 Å². The van der Waals surface area contributed by atoms with Crippen LogP contribution in [0.2, 0.25) is 5.15 Å². The van der Waals surface area contributed by atoms with Crippen molar-refractivity contribution in [3.63, 3.8) is 0 Å². The first-order valence-corrected chi connectivity index (χ1v) is 7.36. The second-order valence-electron chi connectivity index (χ2n) is 5.45. The van der Waals surface area contributed by atoms with Crippen LogP contribution in [0, 0.1) is 6.92 Å². The van der Waals surface area contributed by atoms with Crippen molar-refractivity contribution in [3.8, 4) is 0 Å². The van der Waals surface area contributed by atoms with Gasteiger partial charge >= 0.3 is 5.69 Å². The lowest BCUT2D eigenvalue weighted by Crippen LogP contribution is -2.38. The van der Waals surface area contributed by atoms with Crippen LogP contribution in [0.1, 0.15) is 36.5 Å². The number of benzene rings is 1. The molecule has 0 bridgehead atoms. The maximum absolute atomic E-state index is 12.4. The number of H-pyrrole nitrogens is 1. The highest BCUT2D eigenvalue weighted by Gasteiger charge is 2.15. The predicted octanol–water partition coefficient (Wildman–Crippen LogP) is 2.86. The van der Waals surface area contributed by atoms with Gasteiger partial charge in [0.05, 0.1) is 5.56 Å². The van der Waals surface area contributed by atoms with Crippen molar-refractivity contribution in [2.75, 3.05) is 0 Å². The van der Waals surface area contributed by atoms with E-state index in [1.165, 1.54) is 4.57 Å². The van der Waals surface area contributed by atoms with E-state index in [1.807, 2.05) is 45.0 Å². The summed E-state index contributed by atoms with van der Waals surface area (Å²) in [5.74, 6) is -0.0356. The fourth-order valence-electron chi connectivity index (χ4n) is 2.39. The molecular formula is C16H19ClN2O2. The third kappa shape index (κ3) is 3.27. The minimum atomic E-state index is -0.456. The van der Waals surface area contributed by atoms with Gasteiger partial charge in [0.25, 0.3) is 5.56 Å². The van der Waals surface area contributed by atoms with Crippen LogP contribution in [0.3, 0.4) is 0 Å². The number of aromatic amines is 1. The van der Waals surface area contributed by atoms with Crippen LogP contribution in [0.25, 0.3) is 0 Å². The number of rotatable bonds is 4. The average molecular weight is 307 g/mol. The summed E-state index contributed by atoms with van der Waals surface area (Å²) in [7, 11) is 0. The van der Waals surface area contributed by atoms with Crippen molar-refractivity contribution >= 4 is 11.6 Å². The van der Waals surface area contributed by atoms with Crippen molar-refractivity contribution < 1.29 is 0 Å². The molecule has 0 unspecified atom stereocenters. The first-order chi connectivity index (χ1) is 9.91. The van der Waals surface area contributed by atoms with E-state index in [-0.39, 0.29) is 16.6 Å². The Labute approximate surface area is 128 Å². The van der Waals surface area contributed by atoms with Gasteiger partial charge in [0.2, 0.25) is 0 Å². The minimum Gasteiger partial charge on any atom is -0.297 e. The zero-order valence-electron chi connectivity index (χ0n) is 12.4. The molecule has 0 saturated heterocycles. The van der Waals surface area contributed by atoms with E-state index >= 15 is 0 Å². The van der Waals surface area contributed by atoms with E-state index in [1.54, 1.807) is 0 Å². The van der Waals surface area contributed by atoms with E-state index in [0.29, 0.717) is 18.5 Å². The molecule has 2 aromatic rings. The summed E-state index contributed by atoms with van der Waals surface area (Å²) in [5.41, 5.74) is 1.99. The van der Waals surface area contributed by atoms with Gasteiger partial charge in [-0.15, -0.1) is 0 Å². The number of hydrogen-bond acceptors (Lipinski definition) is 2. The molecule has 0 saturated carbocycles. The lowest BCUT2D eigenvalue weighted by Gasteiger charge is -2.12. The molecule has 0 spiro atoms. The average Bonchev–Trinajstić information content (AvgIpc) is 2.39. The lowest BCUT2D eigenvalue weighted by atomic mass is 10.1. The summed E-state index contributed by atoms with van der Waals surface area (Å²) in [5, 5.41) is 0.146. The van der Waals surface area contributed by atoms with E-state index in [2.05, 4.69) is 4.98 Å². The van der Waals surface area contributed by atoms with Gasteiger partial charge in [0.15, 0.2) is 0 Å². The molecule has 2 rings (SSSR count). The summed E-state index contributed by atoms with van der Waals surface area (Å²) in [6.07, 6.45) is 0.634. The minimum absolute atomic E-state index is 0.0356. The summed E-state index contributed by atoms with van der Waals surface area (Å²) in [4.78, 5) is 26.9. The maximum Gasteiger partial charge on any atom is 0.329 e. The topological polar surface area (TPSA) is 54.9 Å². The number of aryl methyl sites for hydroxylation is 2. The van der Waals surface area contributed by atoms with Crippen molar-refractivity contribution in [1.82, 2.24) is 9.55 Å². The van der Waals surface area contributed by atoms with Crippen LogP contribution in [0.5, 0.6) is 0 Å². The van der Waals surface area contributed by atoms with E-state index in [0.717, 1.165) is 11.1 Å². The van der Waals surface area contributed by atoms with Gasteiger partial charge in [0.1, 0.15) is 5.15 Å². The number of aromatic nitrogens is 2. The normalized spacial score (nSPS) is 11.1. The monoisotopic (exact) mass is 306 g/mol. The molecule has 112 valence electrons. The maximum atomic E-state index is 12.4. The Morgan fingerprint density at radius 1 is 1.24 bits per heavy atom. The summed E-state index contributed by atoms with van der Waals surface area (Å²) < 4.78 is 1.23. The van der Waals surface area contributed by atoms with E-state index in [4.69, 9.17) is 11.6 Å². The molecule has 0 aliphatic rings. The molecule has 21 heavy (non-hydrogen) atoms. The van der Waals surface area contributed by atoms with Crippen LogP contribution in [0.4, 0.5) is 0 Å². The SMILES string of the molecule is Cc1ccccc1CCn1c(=O)[nH]c(Cl)c(C(C)C)c1=O. The molecule has 0 fully saturated rings. The highest BCUT2D eigenvalue weighted by atomic mass is 35.5. The molecule has 1 aromatic carbocycles. The standard InChI is InChI=1S/C16H19ClN2O2/c1-10(2)13-14(17)18-16(21)19(15(13)20)9-8-12-7-5-4-6-11(12)3/h4-7,10H,8-9H2,1-3H3,(H,18,21). The zero-order chi connectivity index (χ0) is 15.6. The molecule has 0 aliphatic heterocycles. The smallest absolute Gasteiger partial charge is 0.297 e. The second-order valence-corrected chi connectivity index (χ2v) is 5.82. The van der Waals surface area contributed by atoms with Crippen LogP contribution < -0.4 is 11.2 Å². The fraction of sp³-hybridized carbons (Fsp3) is 0.375. The van der Waals surface area contributed by atoms with Gasteiger partial charge in [-0.05, 0) is 30.4 Å². The highest BCUT2D eigenvalue weighted by molar-refractivity contribution is 6.30. The summed E-state index contributed by atoms with van der Waals surface area (Å²) in [6, 6.07) is 7.95. The molecule has 0 atom stereocenters. The van der Waals surface area contributed by atoms with Gasteiger partial charge in [-0.3, -0.25) is 14.3 Å². The number of hydrogen-bond donors (Lipinski definition) is 1.